The Kier molecular flexibility index (Phi) is 4.47. The number of nitrogens with one attached hydrogen (secondary N) is 1. The minimum absolute atomic E-state index is 0.0468. The maximum absolute atomic E-state index is 12.5. The van der Waals surface area contributed by atoms with E-state index in [1.165, 1.54) is 21.9 Å². The van der Waals surface area contributed by atoms with E-state index in [1.54, 1.807) is 6.07 Å². The Labute approximate surface area is 140 Å². The van der Waals surface area contributed by atoms with Gasteiger partial charge in [-0.25, -0.2) is 8.78 Å². The van der Waals surface area contributed by atoms with E-state index in [1.807, 2.05) is 0 Å². The molecule has 10 heteroatoms. The zero-order valence-electron chi connectivity index (χ0n) is 12.9. The number of alkyl halides is 2. The van der Waals surface area contributed by atoms with Gasteiger partial charge in [0.05, 0.1) is 0 Å². The number of hydrogen-bond acceptors (Lipinski definition) is 5. The lowest BCUT2D eigenvalue weighted by molar-refractivity contribution is 0.0515. The number of H-pyrrole nitrogens is 1. The Balaban J connectivity index is 1.60. The van der Waals surface area contributed by atoms with E-state index in [2.05, 4.69) is 10.2 Å². The van der Waals surface area contributed by atoms with Gasteiger partial charge >= 0.3 is 0 Å². The van der Waals surface area contributed by atoms with Crippen molar-refractivity contribution in [2.75, 3.05) is 26.2 Å². The van der Waals surface area contributed by atoms with Crippen molar-refractivity contribution in [2.24, 2.45) is 0 Å². The number of carbonyl (C=O) groups excluding carboxylic acids is 2. The van der Waals surface area contributed by atoms with E-state index in [9.17, 15) is 18.4 Å². The van der Waals surface area contributed by atoms with Gasteiger partial charge < -0.3 is 14.2 Å². The molecule has 130 valence electrons. The van der Waals surface area contributed by atoms with Crippen LogP contribution in [0.5, 0.6) is 0 Å². The van der Waals surface area contributed by atoms with Crippen molar-refractivity contribution in [1.29, 1.82) is 5.26 Å². The summed E-state index contributed by atoms with van der Waals surface area (Å²) in [5, 5.41) is 14.4. The number of nitriles is 1. The molecular weight excluding hydrogens is 336 g/mol. The molecule has 2 amide bonds. The minimum Gasteiger partial charge on any atom is -0.440 e. The van der Waals surface area contributed by atoms with Gasteiger partial charge in [0.25, 0.3) is 18.2 Å². The van der Waals surface area contributed by atoms with Crippen molar-refractivity contribution in [2.45, 2.75) is 6.43 Å². The molecule has 1 N–H and O–H groups in total. The standard InChI is InChI=1S/C15H13F2N5O3/c16-13(17)10-7-11(20-19-10)14(23)21-3-5-22(6-4-21)15(24)12-2-1-9(8-18)25-12/h1-2,7,13H,3-6H2,(H,19,20). The quantitative estimate of drug-likeness (QED) is 0.902. The number of amides is 2. The number of halogens is 2. The van der Waals surface area contributed by atoms with Crippen LogP contribution in [0.25, 0.3) is 0 Å². The van der Waals surface area contributed by atoms with Gasteiger partial charge in [0.1, 0.15) is 11.8 Å². The fourth-order valence-corrected chi connectivity index (χ4v) is 2.50. The molecule has 0 atom stereocenters. The number of rotatable bonds is 3. The summed E-state index contributed by atoms with van der Waals surface area (Å²) in [6.07, 6.45) is -2.73. The molecule has 0 spiro atoms. The van der Waals surface area contributed by atoms with Gasteiger partial charge in [0.15, 0.2) is 11.5 Å². The zero-order valence-corrected chi connectivity index (χ0v) is 12.9. The van der Waals surface area contributed by atoms with Crippen molar-refractivity contribution in [3.63, 3.8) is 0 Å². The number of hydrogen-bond donors (Lipinski definition) is 1. The van der Waals surface area contributed by atoms with E-state index < -0.39 is 18.0 Å². The highest BCUT2D eigenvalue weighted by atomic mass is 19.3. The average Bonchev–Trinajstić information content (AvgIpc) is 3.30. The molecule has 1 fully saturated rings. The Bertz CT molecular complexity index is 830. The molecule has 1 saturated heterocycles. The van der Waals surface area contributed by atoms with Crippen molar-refractivity contribution in [3.8, 4) is 6.07 Å². The predicted octanol–water partition coefficient (Wildman–Crippen LogP) is 1.41. The highest BCUT2D eigenvalue weighted by molar-refractivity contribution is 5.93. The third-order valence-electron chi connectivity index (χ3n) is 3.83. The molecule has 0 aromatic carbocycles. The highest BCUT2D eigenvalue weighted by Gasteiger charge is 2.28. The van der Waals surface area contributed by atoms with Crippen LogP contribution in [0.1, 0.15) is 38.9 Å². The maximum atomic E-state index is 12.5. The highest BCUT2D eigenvalue weighted by Crippen LogP contribution is 2.18. The number of aromatic amines is 1. The van der Waals surface area contributed by atoms with Crippen LogP contribution >= 0.6 is 0 Å². The van der Waals surface area contributed by atoms with Gasteiger partial charge in [-0.2, -0.15) is 10.4 Å². The first-order valence-corrected chi connectivity index (χ1v) is 7.41. The predicted molar refractivity (Wildman–Crippen MR) is 78.8 cm³/mol. The van der Waals surface area contributed by atoms with E-state index in [0.717, 1.165) is 6.07 Å². The van der Waals surface area contributed by atoms with Crippen molar-refractivity contribution < 1.29 is 22.8 Å². The van der Waals surface area contributed by atoms with Crippen LogP contribution in [-0.4, -0.2) is 58.0 Å². The molecule has 8 nitrogen and oxygen atoms in total. The number of piperazine rings is 1. The summed E-state index contributed by atoms with van der Waals surface area (Å²) in [6.45, 7) is 1.01. The normalized spacial score (nSPS) is 14.6. The summed E-state index contributed by atoms with van der Waals surface area (Å²) in [5.74, 6) is -0.732. The maximum Gasteiger partial charge on any atom is 0.289 e. The molecule has 2 aromatic heterocycles. The Hall–Kier alpha value is -3.22. The van der Waals surface area contributed by atoms with Crippen LogP contribution in [0.3, 0.4) is 0 Å². The monoisotopic (exact) mass is 349 g/mol. The topological polar surface area (TPSA) is 106 Å². The zero-order chi connectivity index (χ0) is 18.0. The fourth-order valence-electron chi connectivity index (χ4n) is 2.50. The number of furan rings is 1. The lowest BCUT2D eigenvalue weighted by Crippen LogP contribution is -2.50. The van der Waals surface area contributed by atoms with Crippen LogP contribution in [0.4, 0.5) is 8.78 Å². The van der Waals surface area contributed by atoms with Crippen molar-refractivity contribution in [1.82, 2.24) is 20.0 Å². The van der Waals surface area contributed by atoms with E-state index in [4.69, 9.17) is 9.68 Å². The largest absolute Gasteiger partial charge is 0.440 e. The smallest absolute Gasteiger partial charge is 0.289 e. The van der Waals surface area contributed by atoms with Crippen molar-refractivity contribution >= 4 is 11.8 Å². The van der Waals surface area contributed by atoms with E-state index in [0.29, 0.717) is 0 Å². The number of carbonyl (C=O) groups is 2. The molecule has 1 aliphatic rings. The molecule has 0 unspecified atom stereocenters. The van der Waals surface area contributed by atoms with Gasteiger partial charge in [-0.3, -0.25) is 14.7 Å². The Morgan fingerprint density at radius 1 is 1.20 bits per heavy atom. The molecule has 3 rings (SSSR count). The first kappa shape index (κ1) is 16.6. The van der Waals surface area contributed by atoms with Crippen molar-refractivity contribution in [3.05, 3.63) is 41.1 Å². The summed E-state index contributed by atoms with van der Waals surface area (Å²) in [4.78, 5) is 27.5. The van der Waals surface area contributed by atoms with Gasteiger partial charge in [-0.15, -0.1) is 0 Å². The molecule has 2 aromatic rings. The van der Waals surface area contributed by atoms with Crippen LogP contribution < -0.4 is 0 Å². The third-order valence-corrected chi connectivity index (χ3v) is 3.83. The number of aromatic nitrogens is 2. The van der Waals surface area contributed by atoms with Gasteiger partial charge in [-0.05, 0) is 18.2 Å². The lowest BCUT2D eigenvalue weighted by Gasteiger charge is -2.33. The second-order valence-electron chi connectivity index (χ2n) is 5.37. The van der Waals surface area contributed by atoms with Gasteiger partial charge in [0, 0.05) is 26.2 Å². The molecular formula is C15H13F2N5O3. The van der Waals surface area contributed by atoms with Crippen LogP contribution in [0, 0.1) is 11.3 Å². The summed E-state index contributed by atoms with van der Waals surface area (Å²) < 4.78 is 30.2. The van der Waals surface area contributed by atoms with Crippen LogP contribution in [0.2, 0.25) is 0 Å². The third kappa shape index (κ3) is 3.35. The first-order valence-electron chi connectivity index (χ1n) is 7.41. The summed E-state index contributed by atoms with van der Waals surface area (Å²) >= 11 is 0. The van der Waals surface area contributed by atoms with Crippen LogP contribution in [0.15, 0.2) is 22.6 Å². The molecule has 0 saturated carbocycles. The first-order chi connectivity index (χ1) is 12.0. The summed E-state index contributed by atoms with van der Waals surface area (Å²) in [7, 11) is 0. The van der Waals surface area contributed by atoms with E-state index >= 15 is 0 Å². The fraction of sp³-hybridized carbons (Fsp3) is 0.333. The molecule has 1 aliphatic heterocycles. The molecule has 0 bridgehead atoms. The second kappa shape index (κ2) is 6.72. The SMILES string of the molecule is N#Cc1ccc(C(=O)N2CCN(C(=O)c3cc(C(F)F)[nH]n3)CC2)o1. The van der Waals surface area contributed by atoms with E-state index in [-0.39, 0.29) is 49.3 Å². The second-order valence-corrected chi connectivity index (χ2v) is 5.37. The number of nitrogens with zero attached hydrogens (tertiary/aromatic N) is 4. The lowest BCUT2D eigenvalue weighted by atomic mass is 10.2. The molecule has 0 radical (unpaired) electrons. The van der Waals surface area contributed by atoms with Gasteiger partial charge in [0.2, 0.25) is 5.76 Å². The van der Waals surface area contributed by atoms with Gasteiger partial charge in [-0.1, -0.05) is 0 Å². The minimum atomic E-state index is -2.73. The molecule has 25 heavy (non-hydrogen) atoms. The average molecular weight is 349 g/mol. The Morgan fingerprint density at radius 2 is 1.84 bits per heavy atom. The summed E-state index contributed by atoms with van der Waals surface area (Å²) in [5.41, 5.74) is -0.497. The summed E-state index contributed by atoms with van der Waals surface area (Å²) in [6, 6.07) is 5.66. The van der Waals surface area contributed by atoms with Crippen LogP contribution in [-0.2, 0) is 0 Å². The molecule has 3 heterocycles. The molecule has 0 aliphatic carbocycles. The Morgan fingerprint density at radius 3 is 2.36 bits per heavy atom.